The van der Waals surface area contributed by atoms with Crippen molar-refractivity contribution >= 4 is 23.4 Å². The topological polar surface area (TPSA) is 55.6 Å². The van der Waals surface area contributed by atoms with Crippen molar-refractivity contribution in [2.75, 3.05) is 10.6 Å². The Labute approximate surface area is 152 Å². The fraction of sp³-hybridized carbons (Fsp3) is 0.0455. The van der Waals surface area contributed by atoms with Crippen molar-refractivity contribution in [1.82, 2.24) is 0 Å². The van der Waals surface area contributed by atoms with E-state index >= 15 is 0 Å². The van der Waals surface area contributed by atoms with Crippen molar-refractivity contribution in [1.29, 1.82) is 0 Å². The van der Waals surface area contributed by atoms with E-state index in [4.69, 9.17) is 10.5 Å². The van der Waals surface area contributed by atoms with Crippen LogP contribution in [0.1, 0.15) is 11.1 Å². The second kappa shape index (κ2) is 6.76. The molecule has 1 aliphatic heterocycles. The van der Waals surface area contributed by atoms with Crippen LogP contribution >= 0.6 is 0 Å². The summed E-state index contributed by atoms with van der Waals surface area (Å²) in [5.74, 6) is 0.697. The Morgan fingerprint density at radius 2 is 1.62 bits per heavy atom. The Morgan fingerprint density at radius 1 is 0.923 bits per heavy atom. The minimum absolute atomic E-state index is 0.171. The first-order chi connectivity index (χ1) is 12.7. The molecule has 0 unspecified atom stereocenters. The average molecular weight is 342 g/mol. The molecule has 0 aromatic heterocycles. The molecule has 4 heteroatoms. The molecule has 3 aromatic rings. The maximum atomic E-state index is 13.1. The summed E-state index contributed by atoms with van der Waals surface area (Å²) >= 11 is 0. The lowest BCUT2D eigenvalue weighted by Crippen LogP contribution is -2.36. The van der Waals surface area contributed by atoms with E-state index in [2.05, 4.69) is 0 Å². The minimum Gasteiger partial charge on any atom is -0.449 e. The maximum absolute atomic E-state index is 13.1. The van der Waals surface area contributed by atoms with Crippen LogP contribution in [0.25, 0.3) is 6.08 Å². The monoisotopic (exact) mass is 342 g/mol. The van der Waals surface area contributed by atoms with Crippen molar-refractivity contribution in [3.63, 3.8) is 0 Å². The number of nitrogens with two attached hydrogens (primary N) is 1. The molecule has 128 valence electrons. The van der Waals surface area contributed by atoms with Crippen LogP contribution in [0.2, 0.25) is 0 Å². The van der Waals surface area contributed by atoms with Crippen LogP contribution in [0.5, 0.6) is 5.75 Å². The van der Waals surface area contributed by atoms with Crippen molar-refractivity contribution in [2.24, 2.45) is 0 Å². The molecule has 0 spiro atoms. The predicted octanol–water partition coefficient (Wildman–Crippen LogP) is 4.24. The molecule has 4 rings (SSSR count). The van der Waals surface area contributed by atoms with Gasteiger partial charge in [0, 0.05) is 11.8 Å². The van der Waals surface area contributed by atoms with Crippen LogP contribution in [-0.4, -0.2) is 5.91 Å². The lowest BCUT2D eigenvalue weighted by Gasteiger charge is -2.31. The first-order valence-electron chi connectivity index (χ1n) is 8.40. The summed E-state index contributed by atoms with van der Waals surface area (Å²) in [7, 11) is 0. The van der Waals surface area contributed by atoms with E-state index in [1.807, 2.05) is 66.7 Å². The molecule has 4 nitrogen and oxygen atoms in total. The third-order valence-corrected chi connectivity index (χ3v) is 4.23. The SMILES string of the molecule is Nc1ccc2c(c1)O/C(=C/c1ccccc1)C(=O)N2Cc1ccccc1. The highest BCUT2D eigenvalue weighted by atomic mass is 16.5. The number of nitrogens with zero attached hydrogens (tertiary/aromatic N) is 1. The summed E-state index contributed by atoms with van der Waals surface area (Å²) in [6, 6.07) is 24.9. The molecule has 1 amide bonds. The molecule has 1 aliphatic rings. The van der Waals surface area contributed by atoms with Gasteiger partial charge in [-0.3, -0.25) is 9.69 Å². The largest absolute Gasteiger partial charge is 0.449 e. The van der Waals surface area contributed by atoms with Gasteiger partial charge < -0.3 is 10.5 Å². The van der Waals surface area contributed by atoms with Gasteiger partial charge in [0.15, 0.2) is 11.5 Å². The van der Waals surface area contributed by atoms with E-state index in [1.165, 1.54) is 0 Å². The maximum Gasteiger partial charge on any atom is 0.294 e. The van der Waals surface area contributed by atoms with Gasteiger partial charge >= 0.3 is 0 Å². The Hall–Kier alpha value is -3.53. The Morgan fingerprint density at radius 3 is 2.35 bits per heavy atom. The standard InChI is InChI=1S/C22H18N2O2/c23-18-11-12-19-20(14-18)26-21(13-16-7-3-1-4-8-16)22(25)24(19)15-17-9-5-2-6-10-17/h1-14H,15,23H2/b21-13+. The molecule has 0 bridgehead atoms. The normalized spacial score (nSPS) is 14.8. The van der Waals surface area contributed by atoms with Crippen molar-refractivity contribution < 1.29 is 9.53 Å². The molecule has 0 saturated heterocycles. The smallest absolute Gasteiger partial charge is 0.294 e. The van der Waals surface area contributed by atoms with Crippen LogP contribution in [0.4, 0.5) is 11.4 Å². The zero-order chi connectivity index (χ0) is 17.9. The molecule has 3 aromatic carbocycles. The number of amides is 1. The molecule has 0 radical (unpaired) electrons. The van der Waals surface area contributed by atoms with Crippen molar-refractivity contribution in [3.05, 3.63) is 95.7 Å². The summed E-state index contributed by atoms with van der Waals surface area (Å²) < 4.78 is 5.89. The average Bonchev–Trinajstić information content (AvgIpc) is 2.67. The first-order valence-corrected chi connectivity index (χ1v) is 8.40. The third kappa shape index (κ3) is 3.17. The van der Waals surface area contributed by atoms with Crippen LogP contribution < -0.4 is 15.4 Å². The van der Waals surface area contributed by atoms with E-state index < -0.39 is 0 Å². The molecule has 26 heavy (non-hydrogen) atoms. The minimum atomic E-state index is -0.171. The number of rotatable bonds is 3. The number of carbonyl (C=O) groups is 1. The van der Waals surface area contributed by atoms with Gasteiger partial charge in [0.05, 0.1) is 12.2 Å². The lowest BCUT2D eigenvalue weighted by molar-refractivity contribution is -0.117. The van der Waals surface area contributed by atoms with Gasteiger partial charge in [-0.2, -0.15) is 0 Å². The third-order valence-electron chi connectivity index (χ3n) is 4.23. The van der Waals surface area contributed by atoms with Crippen LogP contribution in [0.3, 0.4) is 0 Å². The molecular weight excluding hydrogens is 324 g/mol. The number of hydrogen-bond acceptors (Lipinski definition) is 3. The molecule has 0 aliphatic carbocycles. The first kappa shape index (κ1) is 16.0. The van der Waals surface area contributed by atoms with Gasteiger partial charge in [-0.25, -0.2) is 0 Å². The zero-order valence-corrected chi connectivity index (χ0v) is 14.1. The van der Waals surface area contributed by atoms with Gasteiger partial charge in [0.25, 0.3) is 5.91 Å². The highest BCUT2D eigenvalue weighted by molar-refractivity contribution is 6.09. The van der Waals surface area contributed by atoms with Gasteiger partial charge in [-0.1, -0.05) is 60.7 Å². The highest BCUT2D eigenvalue weighted by Gasteiger charge is 2.30. The van der Waals surface area contributed by atoms with Crippen molar-refractivity contribution in [3.8, 4) is 5.75 Å². The number of hydrogen-bond donors (Lipinski definition) is 1. The number of benzene rings is 3. The zero-order valence-electron chi connectivity index (χ0n) is 14.1. The number of nitrogen functional groups attached to an aromatic ring is 1. The summed E-state index contributed by atoms with van der Waals surface area (Å²) in [4.78, 5) is 14.8. The van der Waals surface area contributed by atoms with E-state index in [0.717, 1.165) is 16.8 Å². The number of ether oxygens (including phenoxy) is 1. The summed E-state index contributed by atoms with van der Waals surface area (Å²) in [5.41, 5.74) is 9.18. The summed E-state index contributed by atoms with van der Waals surface area (Å²) in [6.07, 6.45) is 1.76. The van der Waals surface area contributed by atoms with E-state index in [-0.39, 0.29) is 11.7 Å². The second-order valence-electron chi connectivity index (χ2n) is 6.13. The number of carbonyl (C=O) groups excluding carboxylic acids is 1. The van der Waals surface area contributed by atoms with Crippen LogP contribution in [0.15, 0.2) is 84.6 Å². The lowest BCUT2D eigenvalue weighted by atomic mass is 10.1. The molecule has 1 heterocycles. The second-order valence-corrected chi connectivity index (χ2v) is 6.13. The fourth-order valence-electron chi connectivity index (χ4n) is 2.95. The molecule has 2 N–H and O–H groups in total. The fourth-order valence-corrected chi connectivity index (χ4v) is 2.95. The number of anilines is 2. The number of fused-ring (bicyclic) bond motifs is 1. The predicted molar refractivity (Wildman–Crippen MR) is 104 cm³/mol. The molecule has 0 fully saturated rings. The van der Waals surface area contributed by atoms with Gasteiger partial charge in [-0.15, -0.1) is 0 Å². The van der Waals surface area contributed by atoms with Crippen molar-refractivity contribution in [2.45, 2.75) is 6.54 Å². The quantitative estimate of drug-likeness (QED) is 0.572. The van der Waals surface area contributed by atoms with E-state index in [9.17, 15) is 4.79 Å². The molecule has 0 atom stereocenters. The highest BCUT2D eigenvalue weighted by Crippen LogP contribution is 2.38. The Balaban J connectivity index is 1.76. The van der Waals surface area contributed by atoms with E-state index in [0.29, 0.717) is 18.0 Å². The van der Waals surface area contributed by atoms with Gasteiger partial charge in [-0.05, 0) is 29.3 Å². The van der Waals surface area contributed by atoms with Gasteiger partial charge in [0.2, 0.25) is 0 Å². The van der Waals surface area contributed by atoms with Crippen LogP contribution in [-0.2, 0) is 11.3 Å². The van der Waals surface area contributed by atoms with Crippen LogP contribution in [0, 0.1) is 0 Å². The van der Waals surface area contributed by atoms with Gasteiger partial charge in [0.1, 0.15) is 0 Å². The molecule has 0 saturated carbocycles. The summed E-state index contributed by atoms with van der Waals surface area (Å²) in [5, 5.41) is 0. The van der Waals surface area contributed by atoms with E-state index in [1.54, 1.807) is 23.1 Å². The molecular formula is C22H18N2O2. The summed E-state index contributed by atoms with van der Waals surface area (Å²) in [6.45, 7) is 0.464. The Bertz CT molecular complexity index is 966. The Kier molecular flexibility index (Phi) is 4.15.